The summed E-state index contributed by atoms with van der Waals surface area (Å²) in [5.74, 6) is 0.675. The summed E-state index contributed by atoms with van der Waals surface area (Å²) in [5.41, 5.74) is -0.460. The van der Waals surface area contributed by atoms with Crippen molar-refractivity contribution in [3.63, 3.8) is 0 Å². The van der Waals surface area contributed by atoms with Gasteiger partial charge in [0.15, 0.2) is 4.77 Å². The number of pyridine rings is 1. The first kappa shape index (κ1) is 13.7. The van der Waals surface area contributed by atoms with Gasteiger partial charge < -0.3 is 0 Å². The number of alkyl halides is 3. The van der Waals surface area contributed by atoms with Crippen LogP contribution >= 0.6 is 12.2 Å². The number of aromatic amines is 1. The molecule has 0 amide bonds. The zero-order valence-electron chi connectivity index (χ0n) is 10.0. The molecular formula is C11H11F3N4S. The van der Waals surface area contributed by atoms with Crippen LogP contribution in [-0.2, 0) is 12.6 Å². The molecule has 19 heavy (non-hydrogen) atoms. The minimum absolute atomic E-state index is 0.338. The maximum Gasteiger partial charge on any atom is 0.433 e. The Bertz CT molecular complexity index is 612. The van der Waals surface area contributed by atoms with Crippen LogP contribution in [0.4, 0.5) is 13.2 Å². The van der Waals surface area contributed by atoms with Gasteiger partial charge in [-0.2, -0.15) is 18.3 Å². The fraction of sp³-hybridized carbons (Fsp3) is 0.364. The predicted molar refractivity (Wildman–Crippen MR) is 65.5 cm³/mol. The van der Waals surface area contributed by atoms with E-state index in [-0.39, 0.29) is 0 Å². The molecule has 0 fully saturated rings. The van der Waals surface area contributed by atoms with Crippen LogP contribution in [-0.4, -0.2) is 19.7 Å². The van der Waals surface area contributed by atoms with E-state index in [4.69, 9.17) is 12.2 Å². The highest BCUT2D eigenvalue weighted by Gasteiger charge is 2.32. The summed E-state index contributed by atoms with van der Waals surface area (Å²) in [4.78, 5) is 3.41. The van der Waals surface area contributed by atoms with Gasteiger partial charge in [0.1, 0.15) is 11.5 Å². The lowest BCUT2D eigenvalue weighted by molar-refractivity contribution is -0.141. The number of hydrogen-bond donors (Lipinski definition) is 1. The van der Waals surface area contributed by atoms with Crippen molar-refractivity contribution in [3.8, 4) is 5.69 Å². The lowest BCUT2D eigenvalue weighted by atomic mass is 10.3. The third-order valence-electron chi connectivity index (χ3n) is 2.51. The average Bonchev–Trinajstić information content (AvgIpc) is 2.70. The van der Waals surface area contributed by atoms with E-state index >= 15 is 0 Å². The van der Waals surface area contributed by atoms with Crippen LogP contribution in [0.1, 0.15) is 24.9 Å². The number of nitrogens with zero attached hydrogens (tertiary/aromatic N) is 3. The number of halogens is 3. The molecule has 2 aromatic heterocycles. The molecule has 8 heteroatoms. The van der Waals surface area contributed by atoms with E-state index in [2.05, 4.69) is 15.2 Å². The second-order valence-corrected chi connectivity index (χ2v) is 4.32. The minimum Gasteiger partial charge on any atom is -0.271 e. The molecule has 0 spiro atoms. The molecule has 0 radical (unpaired) electrons. The fourth-order valence-electron chi connectivity index (χ4n) is 1.67. The summed E-state index contributed by atoms with van der Waals surface area (Å²) in [7, 11) is 0. The van der Waals surface area contributed by atoms with E-state index in [1.807, 2.05) is 6.92 Å². The van der Waals surface area contributed by atoms with Crippen LogP contribution in [0.2, 0.25) is 0 Å². The van der Waals surface area contributed by atoms with Gasteiger partial charge in [-0.1, -0.05) is 6.92 Å². The van der Waals surface area contributed by atoms with Gasteiger partial charge in [0.05, 0.1) is 11.9 Å². The predicted octanol–water partition coefficient (Wildman–Crippen LogP) is 3.30. The van der Waals surface area contributed by atoms with Crippen LogP contribution in [0.15, 0.2) is 18.3 Å². The Labute approximate surface area is 112 Å². The van der Waals surface area contributed by atoms with Gasteiger partial charge in [0.2, 0.25) is 0 Å². The topological polar surface area (TPSA) is 46.5 Å². The highest BCUT2D eigenvalue weighted by atomic mass is 32.1. The SMILES string of the molecule is CCCc1n[nH]c(=S)n1-c1ccc(C(F)(F)F)nc1. The fourth-order valence-corrected chi connectivity index (χ4v) is 1.93. The van der Waals surface area contributed by atoms with Gasteiger partial charge in [0, 0.05) is 6.42 Å². The summed E-state index contributed by atoms with van der Waals surface area (Å²) in [6.45, 7) is 1.98. The Morgan fingerprint density at radius 3 is 2.63 bits per heavy atom. The van der Waals surface area contributed by atoms with Gasteiger partial charge in [-0.3, -0.25) is 9.67 Å². The van der Waals surface area contributed by atoms with E-state index in [1.165, 1.54) is 6.07 Å². The first-order valence-corrected chi connectivity index (χ1v) is 6.04. The van der Waals surface area contributed by atoms with Crippen molar-refractivity contribution < 1.29 is 13.2 Å². The van der Waals surface area contributed by atoms with Crippen molar-refractivity contribution in [2.45, 2.75) is 25.9 Å². The quantitative estimate of drug-likeness (QED) is 0.881. The zero-order chi connectivity index (χ0) is 14.0. The van der Waals surface area contributed by atoms with Gasteiger partial charge in [-0.15, -0.1) is 0 Å². The second kappa shape index (κ2) is 5.12. The van der Waals surface area contributed by atoms with Crippen molar-refractivity contribution in [2.24, 2.45) is 0 Å². The third-order valence-corrected chi connectivity index (χ3v) is 2.79. The van der Waals surface area contributed by atoms with Crippen molar-refractivity contribution in [2.75, 3.05) is 0 Å². The summed E-state index contributed by atoms with van der Waals surface area (Å²) < 4.78 is 39.2. The maximum absolute atomic E-state index is 12.4. The normalized spacial score (nSPS) is 11.8. The Morgan fingerprint density at radius 1 is 1.37 bits per heavy atom. The molecule has 2 heterocycles. The van der Waals surface area contributed by atoms with Gasteiger partial charge in [0.25, 0.3) is 0 Å². The number of aryl methyl sites for hydroxylation is 1. The molecule has 0 aliphatic heterocycles. The molecule has 2 aromatic rings. The number of rotatable bonds is 3. The van der Waals surface area contributed by atoms with Gasteiger partial charge in [-0.05, 0) is 30.8 Å². The molecule has 0 saturated heterocycles. The lowest BCUT2D eigenvalue weighted by Gasteiger charge is -2.08. The van der Waals surface area contributed by atoms with Crippen molar-refractivity contribution >= 4 is 12.2 Å². The highest BCUT2D eigenvalue weighted by molar-refractivity contribution is 7.71. The van der Waals surface area contributed by atoms with Gasteiger partial charge in [-0.25, -0.2) is 4.98 Å². The van der Waals surface area contributed by atoms with Crippen LogP contribution in [0.25, 0.3) is 5.69 Å². The Morgan fingerprint density at radius 2 is 2.11 bits per heavy atom. The Hall–Kier alpha value is -1.70. The van der Waals surface area contributed by atoms with Crippen molar-refractivity contribution in [1.29, 1.82) is 0 Å². The molecular weight excluding hydrogens is 277 g/mol. The third kappa shape index (κ3) is 2.83. The molecule has 0 aliphatic carbocycles. The molecule has 0 atom stereocenters. The maximum atomic E-state index is 12.4. The van der Waals surface area contributed by atoms with Crippen LogP contribution in [0.3, 0.4) is 0 Å². The van der Waals surface area contributed by atoms with E-state index < -0.39 is 11.9 Å². The standard InChI is InChI=1S/C11H11F3N4S/c1-2-3-9-16-17-10(19)18(9)7-4-5-8(15-6-7)11(12,13)14/h4-6H,2-3H2,1H3,(H,17,19). The first-order valence-electron chi connectivity index (χ1n) is 5.63. The molecule has 0 saturated carbocycles. The summed E-state index contributed by atoms with van der Waals surface area (Å²) in [6.07, 6.45) is -1.77. The molecule has 0 aromatic carbocycles. The first-order chi connectivity index (χ1) is 8.93. The smallest absolute Gasteiger partial charge is 0.271 e. The van der Waals surface area contributed by atoms with Crippen LogP contribution in [0.5, 0.6) is 0 Å². The molecule has 0 unspecified atom stereocenters. The molecule has 1 N–H and O–H groups in total. The second-order valence-electron chi connectivity index (χ2n) is 3.93. The number of aromatic nitrogens is 4. The molecule has 0 bridgehead atoms. The van der Waals surface area contributed by atoms with E-state index in [1.54, 1.807) is 4.57 Å². The van der Waals surface area contributed by atoms with Crippen LogP contribution in [0, 0.1) is 4.77 Å². The van der Waals surface area contributed by atoms with E-state index in [0.717, 1.165) is 18.7 Å². The molecule has 0 aliphatic rings. The van der Waals surface area contributed by atoms with Crippen molar-refractivity contribution in [3.05, 3.63) is 34.6 Å². The minimum atomic E-state index is -4.44. The van der Waals surface area contributed by atoms with Gasteiger partial charge >= 0.3 is 6.18 Å². The molecule has 102 valence electrons. The average molecular weight is 288 g/mol. The van der Waals surface area contributed by atoms with E-state index in [9.17, 15) is 13.2 Å². The Balaban J connectivity index is 2.43. The molecule has 2 rings (SSSR count). The number of nitrogens with one attached hydrogen (secondary N) is 1. The monoisotopic (exact) mass is 288 g/mol. The van der Waals surface area contributed by atoms with Crippen molar-refractivity contribution in [1.82, 2.24) is 19.7 Å². The molecule has 4 nitrogen and oxygen atoms in total. The Kier molecular flexibility index (Phi) is 3.70. The highest BCUT2D eigenvalue weighted by Crippen LogP contribution is 2.27. The summed E-state index contributed by atoms with van der Waals surface area (Å²) in [5, 5.41) is 6.68. The number of H-pyrrole nitrogens is 1. The van der Waals surface area contributed by atoms with Crippen LogP contribution < -0.4 is 0 Å². The zero-order valence-corrected chi connectivity index (χ0v) is 10.8. The lowest BCUT2D eigenvalue weighted by Crippen LogP contribution is -2.09. The largest absolute Gasteiger partial charge is 0.433 e. The summed E-state index contributed by atoms with van der Waals surface area (Å²) in [6, 6.07) is 2.26. The van der Waals surface area contributed by atoms with E-state index in [0.29, 0.717) is 22.7 Å². The summed E-state index contributed by atoms with van der Waals surface area (Å²) >= 11 is 5.07. The number of hydrogen-bond acceptors (Lipinski definition) is 3.